The van der Waals surface area contributed by atoms with Crippen molar-refractivity contribution in [3.8, 4) is 0 Å². The van der Waals surface area contributed by atoms with Gasteiger partial charge >= 0.3 is 0 Å². The summed E-state index contributed by atoms with van der Waals surface area (Å²) in [6, 6.07) is 0. The van der Waals surface area contributed by atoms with Crippen molar-refractivity contribution in [3.63, 3.8) is 0 Å². The van der Waals surface area contributed by atoms with Crippen LogP contribution in [0.5, 0.6) is 0 Å². The molecule has 0 amide bonds. The van der Waals surface area contributed by atoms with Crippen LogP contribution in [0.1, 0.15) is 77.6 Å². The summed E-state index contributed by atoms with van der Waals surface area (Å²) in [7, 11) is 0. The molecule has 0 spiro atoms. The van der Waals surface area contributed by atoms with Gasteiger partial charge in [-0.3, -0.25) is 9.59 Å². The lowest BCUT2D eigenvalue weighted by Crippen LogP contribution is -2.55. The van der Waals surface area contributed by atoms with E-state index < -0.39 is 0 Å². The zero-order valence-electron chi connectivity index (χ0n) is 14.5. The Balaban J connectivity index is 1.52. The van der Waals surface area contributed by atoms with E-state index in [9.17, 15) is 9.59 Å². The molecule has 5 fully saturated rings. The van der Waals surface area contributed by atoms with Gasteiger partial charge in [0, 0.05) is 24.7 Å². The zero-order valence-corrected chi connectivity index (χ0v) is 14.5. The summed E-state index contributed by atoms with van der Waals surface area (Å²) < 4.78 is 0. The normalized spacial score (nSPS) is 52.7. The van der Waals surface area contributed by atoms with Gasteiger partial charge in [-0.1, -0.05) is 6.92 Å². The number of fused-ring (bicyclic) bond motifs is 5. The molecule has 2 heteroatoms. The smallest absolute Gasteiger partial charge is 0.139 e. The zero-order chi connectivity index (χ0) is 15.8. The Labute approximate surface area is 139 Å². The second kappa shape index (κ2) is 4.70. The molecule has 0 aromatic heterocycles. The summed E-state index contributed by atoms with van der Waals surface area (Å²) in [6.45, 7) is 2.28. The molecular weight excluding hydrogens is 284 g/mol. The maximum absolute atomic E-state index is 12.5. The highest BCUT2D eigenvalue weighted by Crippen LogP contribution is 2.70. The molecule has 0 heterocycles. The first kappa shape index (κ1) is 14.7. The topological polar surface area (TPSA) is 34.1 Å². The second-order valence-corrected chi connectivity index (χ2v) is 9.70. The Hall–Kier alpha value is -0.660. The molecule has 0 aromatic rings. The molecule has 23 heavy (non-hydrogen) atoms. The number of carbonyl (C=O) groups is 2. The van der Waals surface area contributed by atoms with Crippen molar-refractivity contribution >= 4 is 11.6 Å². The molecule has 0 aliphatic heterocycles. The van der Waals surface area contributed by atoms with E-state index in [1.807, 2.05) is 0 Å². The highest BCUT2D eigenvalue weighted by Gasteiger charge is 2.64. The standard InChI is InChI=1S/C21H30O2/c1-20-10-9-18-16(17(20)6-7-19(20)23)5-4-14-12-15(22)8-11-21(14,18)13-2-3-13/h13-14,16-18H,2-12H2,1H3/t14-,16?,17+,18+,20+,21-/m1/s1. The Morgan fingerprint density at radius 2 is 1.61 bits per heavy atom. The van der Waals surface area contributed by atoms with Crippen LogP contribution in [0.15, 0.2) is 0 Å². The van der Waals surface area contributed by atoms with Crippen LogP contribution < -0.4 is 0 Å². The molecule has 0 N–H and O–H groups in total. The van der Waals surface area contributed by atoms with Crippen LogP contribution in [0.4, 0.5) is 0 Å². The molecule has 0 aromatic carbocycles. The summed E-state index contributed by atoms with van der Waals surface area (Å²) >= 11 is 0. The Kier molecular flexibility index (Phi) is 3.00. The van der Waals surface area contributed by atoms with Crippen LogP contribution in [0.25, 0.3) is 0 Å². The lowest BCUT2D eigenvalue weighted by Gasteiger charge is -2.61. The lowest BCUT2D eigenvalue weighted by molar-refractivity contribution is -0.151. The van der Waals surface area contributed by atoms with E-state index in [1.54, 1.807) is 0 Å². The number of hydrogen-bond acceptors (Lipinski definition) is 2. The largest absolute Gasteiger partial charge is 0.300 e. The highest BCUT2D eigenvalue weighted by atomic mass is 16.1. The first-order valence-electron chi connectivity index (χ1n) is 10.1. The summed E-state index contributed by atoms with van der Waals surface area (Å²) in [4.78, 5) is 24.6. The van der Waals surface area contributed by atoms with Crippen LogP contribution in [0, 0.1) is 40.4 Å². The quantitative estimate of drug-likeness (QED) is 0.711. The average molecular weight is 314 g/mol. The second-order valence-electron chi connectivity index (χ2n) is 9.70. The van der Waals surface area contributed by atoms with Gasteiger partial charge in [0.2, 0.25) is 0 Å². The molecule has 6 atom stereocenters. The van der Waals surface area contributed by atoms with Gasteiger partial charge in [-0.25, -0.2) is 0 Å². The van der Waals surface area contributed by atoms with Crippen molar-refractivity contribution < 1.29 is 9.59 Å². The van der Waals surface area contributed by atoms with Crippen molar-refractivity contribution in [3.05, 3.63) is 0 Å². The van der Waals surface area contributed by atoms with Crippen LogP contribution in [0.2, 0.25) is 0 Å². The SMILES string of the molecule is C[C@]12CC[C@H]3C(CC[C@@H]4CC(=O)CC[C@@]43C3CC3)[C@@H]1CCC2=O. The van der Waals surface area contributed by atoms with Crippen molar-refractivity contribution in [2.24, 2.45) is 40.4 Å². The molecule has 5 saturated carbocycles. The minimum absolute atomic E-state index is 0.00320. The van der Waals surface area contributed by atoms with E-state index in [-0.39, 0.29) is 5.41 Å². The van der Waals surface area contributed by atoms with Crippen molar-refractivity contribution in [1.82, 2.24) is 0 Å². The predicted molar refractivity (Wildman–Crippen MR) is 88.8 cm³/mol. The Morgan fingerprint density at radius 1 is 0.826 bits per heavy atom. The monoisotopic (exact) mass is 314 g/mol. The molecule has 126 valence electrons. The maximum Gasteiger partial charge on any atom is 0.139 e. The molecule has 5 aliphatic carbocycles. The molecule has 0 saturated heterocycles. The number of rotatable bonds is 1. The van der Waals surface area contributed by atoms with Gasteiger partial charge < -0.3 is 0 Å². The molecular formula is C21H30O2. The Bertz CT molecular complexity index is 562. The summed E-state index contributed by atoms with van der Waals surface area (Å²) in [5, 5.41) is 0. The van der Waals surface area contributed by atoms with Gasteiger partial charge in [-0.15, -0.1) is 0 Å². The first-order valence-corrected chi connectivity index (χ1v) is 10.1. The lowest BCUT2D eigenvalue weighted by atomic mass is 9.43. The fraction of sp³-hybridized carbons (Fsp3) is 0.905. The van der Waals surface area contributed by atoms with E-state index in [4.69, 9.17) is 0 Å². The highest BCUT2D eigenvalue weighted by molar-refractivity contribution is 5.87. The van der Waals surface area contributed by atoms with Crippen LogP contribution in [0.3, 0.4) is 0 Å². The predicted octanol–water partition coefficient (Wildman–Crippen LogP) is 4.56. The van der Waals surface area contributed by atoms with Gasteiger partial charge in [0.1, 0.15) is 11.6 Å². The number of Topliss-reactive ketones (excluding diaryl/α,β-unsaturated/α-hetero) is 2. The number of carbonyl (C=O) groups excluding carboxylic acids is 2. The van der Waals surface area contributed by atoms with Crippen molar-refractivity contribution in [2.45, 2.75) is 77.6 Å². The third-order valence-electron chi connectivity index (χ3n) is 9.09. The first-order chi connectivity index (χ1) is 11.1. The molecule has 0 bridgehead atoms. The fourth-order valence-corrected chi connectivity index (χ4v) is 7.97. The average Bonchev–Trinajstić information content (AvgIpc) is 3.34. The Morgan fingerprint density at radius 3 is 2.39 bits per heavy atom. The van der Waals surface area contributed by atoms with Crippen molar-refractivity contribution in [2.75, 3.05) is 0 Å². The van der Waals surface area contributed by atoms with Crippen LogP contribution in [-0.2, 0) is 9.59 Å². The van der Waals surface area contributed by atoms with E-state index in [0.29, 0.717) is 28.8 Å². The minimum atomic E-state index is 0.00320. The molecule has 1 unspecified atom stereocenters. The van der Waals surface area contributed by atoms with Crippen LogP contribution in [-0.4, -0.2) is 11.6 Å². The fourth-order valence-electron chi connectivity index (χ4n) is 7.97. The summed E-state index contributed by atoms with van der Waals surface area (Å²) in [5.74, 6) is 4.94. The van der Waals surface area contributed by atoms with Gasteiger partial charge in [0.15, 0.2) is 0 Å². The van der Waals surface area contributed by atoms with Gasteiger partial charge in [0.25, 0.3) is 0 Å². The third-order valence-corrected chi connectivity index (χ3v) is 9.09. The molecule has 0 radical (unpaired) electrons. The van der Waals surface area contributed by atoms with E-state index in [2.05, 4.69) is 6.92 Å². The molecule has 2 nitrogen and oxygen atoms in total. The summed E-state index contributed by atoms with van der Waals surface area (Å²) in [6.07, 6.45) is 12.7. The van der Waals surface area contributed by atoms with Crippen LogP contribution >= 0.6 is 0 Å². The number of hydrogen-bond donors (Lipinski definition) is 0. The molecule has 5 aliphatic rings. The van der Waals surface area contributed by atoms with E-state index >= 15 is 0 Å². The maximum atomic E-state index is 12.5. The van der Waals surface area contributed by atoms with Gasteiger partial charge in [-0.05, 0) is 86.4 Å². The van der Waals surface area contributed by atoms with Crippen molar-refractivity contribution in [1.29, 1.82) is 0 Å². The number of ketones is 2. The van der Waals surface area contributed by atoms with E-state index in [1.165, 1.54) is 38.5 Å². The van der Waals surface area contributed by atoms with Gasteiger partial charge in [0.05, 0.1) is 0 Å². The third kappa shape index (κ3) is 1.81. The van der Waals surface area contributed by atoms with Gasteiger partial charge in [-0.2, -0.15) is 0 Å². The summed E-state index contributed by atoms with van der Waals surface area (Å²) in [5.41, 5.74) is 0.493. The minimum Gasteiger partial charge on any atom is -0.300 e. The van der Waals surface area contributed by atoms with E-state index in [0.717, 1.165) is 49.9 Å². The molecule has 5 rings (SSSR count).